The molecule has 1 rings (SSSR count). The van der Waals surface area contributed by atoms with Gasteiger partial charge in [-0.3, -0.25) is 4.68 Å². The fraction of sp³-hybridized carbons (Fsp3) is 0.556. The quantitative estimate of drug-likeness (QED) is 0.701. The molecule has 0 amide bonds. The fourth-order valence-corrected chi connectivity index (χ4v) is 0.959. The van der Waals surface area contributed by atoms with E-state index in [9.17, 15) is 0 Å². The Labute approximate surface area is 78.9 Å². The molecule has 1 aromatic rings. The van der Waals surface area contributed by atoms with E-state index in [1.807, 2.05) is 18.8 Å². The average Bonchev–Trinajstić information content (AvgIpc) is 2.47. The van der Waals surface area contributed by atoms with Crippen molar-refractivity contribution < 1.29 is 4.79 Å². The number of rotatable bonds is 2. The van der Waals surface area contributed by atoms with Crippen LogP contribution in [0.4, 0.5) is 5.82 Å². The van der Waals surface area contributed by atoms with Crippen LogP contribution in [0.2, 0.25) is 0 Å². The van der Waals surface area contributed by atoms with Crippen LogP contribution >= 0.6 is 0 Å². The van der Waals surface area contributed by atoms with Crippen LogP contribution in [0.25, 0.3) is 0 Å². The van der Waals surface area contributed by atoms with Crippen molar-refractivity contribution in [3.8, 4) is 0 Å². The molecule has 0 aromatic carbocycles. The minimum atomic E-state index is 0.750. The highest BCUT2D eigenvalue weighted by molar-refractivity contribution is 5.44. The Balaban J connectivity index is 0.000000424. The van der Waals surface area contributed by atoms with E-state index in [2.05, 4.69) is 23.4 Å². The van der Waals surface area contributed by atoms with Gasteiger partial charge in [0.05, 0.1) is 0 Å². The maximum atomic E-state index is 8.81. The van der Waals surface area contributed by atoms with Crippen molar-refractivity contribution in [2.75, 3.05) is 12.4 Å². The fourth-order valence-electron chi connectivity index (χ4n) is 0.959. The van der Waals surface area contributed by atoms with Gasteiger partial charge in [-0.05, 0) is 13.3 Å². The second kappa shape index (κ2) is 6.22. The Kier molecular flexibility index (Phi) is 5.59. The summed E-state index contributed by atoms with van der Waals surface area (Å²) in [5.74, 6) is 0.944. The van der Waals surface area contributed by atoms with E-state index in [1.165, 1.54) is 12.6 Å². The largest absolute Gasteiger partial charge is 0.372 e. The first-order valence-electron chi connectivity index (χ1n) is 4.30. The van der Waals surface area contributed by atoms with Gasteiger partial charge in [0, 0.05) is 25.9 Å². The number of nitrogens with zero attached hydrogens (tertiary/aromatic N) is 2. The molecule has 4 nitrogen and oxygen atoms in total. The van der Waals surface area contributed by atoms with Gasteiger partial charge >= 0.3 is 0 Å². The van der Waals surface area contributed by atoms with Crippen molar-refractivity contribution >= 4 is 12.1 Å². The summed E-state index contributed by atoms with van der Waals surface area (Å²) in [4.78, 5) is 8.81. The number of nitrogens with one attached hydrogen (secondary N) is 1. The zero-order valence-corrected chi connectivity index (χ0v) is 8.66. The summed E-state index contributed by atoms with van der Waals surface area (Å²) >= 11 is 0. The molecule has 0 saturated heterocycles. The number of anilines is 1. The molecule has 0 aliphatic heterocycles. The van der Waals surface area contributed by atoms with E-state index >= 15 is 0 Å². The Morgan fingerprint density at radius 2 is 2.23 bits per heavy atom. The third-order valence-electron chi connectivity index (χ3n) is 1.60. The van der Waals surface area contributed by atoms with Crippen LogP contribution < -0.4 is 5.32 Å². The number of aldehydes is 1. The lowest BCUT2D eigenvalue weighted by atomic mass is 10.3. The molecule has 1 heterocycles. The van der Waals surface area contributed by atoms with Crippen LogP contribution in [0, 0.1) is 0 Å². The van der Waals surface area contributed by atoms with Crippen molar-refractivity contribution in [3.05, 3.63) is 11.8 Å². The summed E-state index contributed by atoms with van der Waals surface area (Å²) in [5, 5.41) is 7.20. The lowest BCUT2D eigenvalue weighted by Crippen LogP contribution is -1.96. The molecular weight excluding hydrogens is 166 g/mol. The molecule has 0 spiro atoms. The van der Waals surface area contributed by atoms with E-state index in [4.69, 9.17) is 4.79 Å². The van der Waals surface area contributed by atoms with Gasteiger partial charge in [0.25, 0.3) is 0 Å². The third-order valence-corrected chi connectivity index (χ3v) is 1.60. The number of hydrogen-bond acceptors (Lipinski definition) is 3. The summed E-state index contributed by atoms with van der Waals surface area (Å²) in [6.07, 6.45) is 1.78. The number of aromatic nitrogens is 2. The monoisotopic (exact) mass is 183 g/mol. The van der Waals surface area contributed by atoms with Gasteiger partial charge in [0.15, 0.2) is 0 Å². The minimum Gasteiger partial charge on any atom is -0.372 e. The van der Waals surface area contributed by atoms with Gasteiger partial charge in [0.2, 0.25) is 0 Å². The SMILES string of the molecule is CC=O.CCc1cc(NC)nn1C. The van der Waals surface area contributed by atoms with Gasteiger partial charge in [-0.1, -0.05) is 6.92 Å². The zero-order valence-electron chi connectivity index (χ0n) is 8.66. The maximum absolute atomic E-state index is 8.81. The van der Waals surface area contributed by atoms with E-state index in [0.717, 1.165) is 18.5 Å². The smallest absolute Gasteiger partial charge is 0.148 e. The van der Waals surface area contributed by atoms with Crippen molar-refractivity contribution in [1.82, 2.24) is 9.78 Å². The lowest BCUT2D eigenvalue weighted by Gasteiger charge is -1.92. The van der Waals surface area contributed by atoms with Crippen LogP contribution in [0.5, 0.6) is 0 Å². The van der Waals surface area contributed by atoms with E-state index in [-0.39, 0.29) is 0 Å². The molecule has 1 aromatic heterocycles. The highest BCUT2D eigenvalue weighted by Crippen LogP contribution is 2.06. The minimum absolute atomic E-state index is 0.750. The van der Waals surface area contributed by atoms with Crippen molar-refractivity contribution in [2.45, 2.75) is 20.3 Å². The topological polar surface area (TPSA) is 46.9 Å². The van der Waals surface area contributed by atoms with Gasteiger partial charge in [-0.2, -0.15) is 5.10 Å². The van der Waals surface area contributed by atoms with Gasteiger partial charge < -0.3 is 10.1 Å². The molecular formula is C9H17N3O. The molecule has 0 saturated carbocycles. The number of carbonyl (C=O) groups excluding carboxylic acids is 1. The molecule has 0 atom stereocenters. The molecule has 1 N–H and O–H groups in total. The van der Waals surface area contributed by atoms with Gasteiger partial charge in [-0.15, -0.1) is 0 Å². The molecule has 0 aliphatic rings. The molecule has 13 heavy (non-hydrogen) atoms. The first-order valence-corrected chi connectivity index (χ1v) is 4.30. The summed E-state index contributed by atoms with van der Waals surface area (Å²) in [6.45, 7) is 3.57. The Bertz CT molecular complexity index is 255. The highest BCUT2D eigenvalue weighted by atomic mass is 16.1. The predicted molar refractivity (Wildman–Crippen MR) is 53.9 cm³/mol. The zero-order chi connectivity index (χ0) is 10.3. The van der Waals surface area contributed by atoms with Gasteiger partial charge in [0.1, 0.15) is 12.1 Å². The van der Waals surface area contributed by atoms with E-state index < -0.39 is 0 Å². The number of aryl methyl sites for hydroxylation is 2. The van der Waals surface area contributed by atoms with Gasteiger partial charge in [-0.25, -0.2) is 0 Å². The first-order chi connectivity index (χ1) is 6.19. The highest BCUT2D eigenvalue weighted by Gasteiger charge is 1.98. The van der Waals surface area contributed by atoms with Crippen molar-refractivity contribution in [3.63, 3.8) is 0 Å². The second-order valence-corrected chi connectivity index (χ2v) is 2.48. The van der Waals surface area contributed by atoms with Crippen molar-refractivity contribution in [1.29, 1.82) is 0 Å². The summed E-state index contributed by atoms with van der Waals surface area (Å²) in [5.41, 5.74) is 1.25. The molecule has 0 aliphatic carbocycles. The number of hydrogen-bond donors (Lipinski definition) is 1. The van der Waals surface area contributed by atoms with Crippen LogP contribution in [-0.4, -0.2) is 23.1 Å². The second-order valence-electron chi connectivity index (χ2n) is 2.48. The summed E-state index contributed by atoms with van der Waals surface area (Å²) in [6, 6.07) is 2.06. The summed E-state index contributed by atoms with van der Waals surface area (Å²) in [7, 11) is 3.83. The Hall–Kier alpha value is -1.32. The standard InChI is InChI=1S/C7H13N3.C2H4O/c1-4-6-5-7(8-2)9-10(6)3;1-2-3/h5H,4H2,1-3H3,(H,8,9);2H,1H3. The van der Waals surface area contributed by atoms with E-state index in [1.54, 1.807) is 0 Å². The van der Waals surface area contributed by atoms with Crippen LogP contribution in [0.3, 0.4) is 0 Å². The molecule has 0 unspecified atom stereocenters. The average molecular weight is 183 g/mol. The lowest BCUT2D eigenvalue weighted by molar-refractivity contribution is -0.106. The molecule has 74 valence electrons. The van der Waals surface area contributed by atoms with Crippen LogP contribution in [-0.2, 0) is 18.3 Å². The van der Waals surface area contributed by atoms with Crippen LogP contribution in [0.15, 0.2) is 6.07 Å². The first kappa shape index (κ1) is 11.7. The normalized spacial score (nSPS) is 8.62. The molecule has 0 fully saturated rings. The Morgan fingerprint density at radius 1 is 1.69 bits per heavy atom. The summed E-state index contributed by atoms with van der Waals surface area (Å²) < 4.78 is 1.89. The van der Waals surface area contributed by atoms with Crippen LogP contribution in [0.1, 0.15) is 19.5 Å². The Morgan fingerprint density at radius 3 is 2.46 bits per heavy atom. The molecule has 4 heteroatoms. The van der Waals surface area contributed by atoms with E-state index in [0.29, 0.717) is 0 Å². The predicted octanol–water partition coefficient (Wildman–Crippen LogP) is 1.23. The molecule has 0 radical (unpaired) electrons. The molecule has 0 bridgehead atoms. The maximum Gasteiger partial charge on any atom is 0.148 e. The van der Waals surface area contributed by atoms with Crippen molar-refractivity contribution in [2.24, 2.45) is 7.05 Å². The number of carbonyl (C=O) groups is 1. The third kappa shape index (κ3) is 3.73.